The zero-order valence-corrected chi connectivity index (χ0v) is 20.4. The largest absolute Gasteiger partial charge is 0.457 e. The van der Waals surface area contributed by atoms with Gasteiger partial charge in [0.15, 0.2) is 0 Å². The lowest BCUT2D eigenvalue weighted by Gasteiger charge is -2.22. The van der Waals surface area contributed by atoms with Crippen LogP contribution in [0.3, 0.4) is 0 Å². The van der Waals surface area contributed by atoms with Crippen molar-refractivity contribution in [3.63, 3.8) is 0 Å². The maximum Gasteiger partial charge on any atom is 0.240 e. The molecule has 0 bridgehead atoms. The van der Waals surface area contributed by atoms with Crippen LogP contribution in [0.4, 0.5) is 10.1 Å². The first-order valence-electron chi connectivity index (χ1n) is 10.7. The van der Waals surface area contributed by atoms with Gasteiger partial charge in [0, 0.05) is 12.3 Å². The molecule has 180 valence electrons. The van der Waals surface area contributed by atoms with Gasteiger partial charge in [-0.15, -0.1) is 0 Å². The van der Waals surface area contributed by atoms with E-state index in [2.05, 4.69) is 5.32 Å². The van der Waals surface area contributed by atoms with Crippen LogP contribution in [0, 0.1) is 5.82 Å². The number of amides is 1. The van der Waals surface area contributed by atoms with Gasteiger partial charge in [0.1, 0.15) is 23.9 Å². The number of carbonyl (C=O) groups is 1. The fraction of sp³-hybridized carbons (Fsp3) is 0.240. The van der Waals surface area contributed by atoms with Gasteiger partial charge in [0.2, 0.25) is 15.9 Å². The molecule has 0 saturated carbocycles. The number of ether oxygens (including phenoxy) is 1. The van der Waals surface area contributed by atoms with Crippen molar-refractivity contribution in [2.24, 2.45) is 0 Å². The van der Waals surface area contributed by atoms with Gasteiger partial charge in [-0.2, -0.15) is 11.8 Å². The number of para-hydroxylation sites is 1. The number of carbonyl (C=O) groups excluding carboxylic acids is 1. The van der Waals surface area contributed by atoms with E-state index in [0.29, 0.717) is 41.5 Å². The molecule has 0 fully saturated rings. The second-order valence-corrected chi connectivity index (χ2v) is 10.5. The van der Waals surface area contributed by atoms with Crippen LogP contribution in [0.2, 0.25) is 0 Å². The second-order valence-electron chi connectivity index (χ2n) is 7.53. The van der Waals surface area contributed by atoms with Crippen LogP contribution in [0.1, 0.15) is 12.0 Å². The Kier molecular flexibility index (Phi) is 9.35. The Hall–Kier alpha value is -3.04. The van der Waals surface area contributed by atoms with Crippen LogP contribution < -0.4 is 14.4 Å². The molecule has 9 heteroatoms. The predicted octanol–water partition coefficient (Wildman–Crippen LogP) is 4.82. The Morgan fingerprint density at radius 3 is 2.29 bits per heavy atom. The molecule has 3 rings (SSSR count). The van der Waals surface area contributed by atoms with E-state index in [0.717, 1.165) is 16.3 Å². The Bertz CT molecular complexity index is 1170. The molecule has 0 saturated heterocycles. The van der Waals surface area contributed by atoms with Gasteiger partial charge in [-0.05, 0) is 60.2 Å². The zero-order valence-electron chi connectivity index (χ0n) is 18.8. The summed E-state index contributed by atoms with van der Waals surface area (Å²) in [7, 11) is -3.67. The number of nitrogens with zero attached hydrogens (tertiary/aromatic N) is 1. The smallest absolute Gasteiger partial charge is 0.240 e. The Balaban J connectivity index is 1.47. The van der Waals surface area contributed by atoms with Crippen LogP contribution in [-0.4, -0.2) is 39.4 Å². The van der Waals surface area contributed by atoms with Gasteiger partial charge < -0.3 is 10.1 Å². The minimum Gasteiger partial charge on any atom is -0.457 e. The summed E-state index contributed by atoms with van der Waals surface area (Å²) in [6.07, 6.45) is 1.75. The molecular weight excluding hydrogens is 475 g/mol. The maximum absolute atomic E-state index is 13.6. The lowest BCUT2D eigenvalue weighted by molar-refractivity contribution is -0.119. The van der Waals surface area contributed by atoms with Crippen molar-refractivity contribution in [3.05, 3.63) is 90.2 Å². The van der Waals surface area contributed by atoms with Crippen LogP contribution in [-0.2, 0) is 20.6 Å². The van der Waals surface area contributed by atoms with E-state index in [-0.39, 0.29) is 12.4 Å². The number of nitrogens with one attached hydrogen (secondary N) is 1. The average Bonchev–Trinajstić information content (AvgIpc) is 2.81. The van der Waals surface area contributed by atoms with Gasteiger partial charge in [-0.25, -0.2) is 12.8 Å². The van der Waals surface area contributed by atoms with Crippen molar-refractivity contribution in [2.45, 2.75) is 12.2 Å². The fourth-order valence-corrected chi connectivity index (χ4v) is 4.89. The molecule has 0 aliphatic carbocycles. The molecular formula is C25H27FN2O4S2. The van der Waals surface area contributed by atoms with Gasteiger partial charge in [0.05, 0.1) is 11.9 Å². The SMILES string of the molecule is CS(=O)(=O)N(CC(=O)NCCCSCc1ccccc1F)c1ccc(Oc2ccccc2)cc1. The van der Waals surface area contributed by atoms with E-state index in [9.17, 15) is 17.6 Å². The van der Waals surface area contributed by atoms with Crippen molar-refractivity contribution >= 4 is 33.4 Å². The molecule has 0 aliphatic rings. The highest BCUT2D eigenvalue weighted by Gasteiger charge is 2.20. The summed E-state index contributed by atoms with van der Waals surface area (Å²) < 4.78 is 45.0. The van der Waals surface area contributed by atoms with Gasteiger partial charge in [0.25, 0.3) is 0 Å². The summed E-state index contributed by atoms with van der Waals surface area (Å²) in [5.74, 6) is 1.92. The molecule has 0 atom stereocenters. The fourth-order valence-electron chi connectivity index (χ4n) is 3.09. The predicted molar refractivity (Wildman–Crippen MR) is 135 cm³/mol. The minimum absolute atomic E-state index is 0.219. The van der Waals surface area contributed by atoms with E-state index >= 15 is 0 Å². The zero-order chi connectivity index (χ0) is 24.4. The number of anilines is 1. The second kappa shape index (κ2) is 12.4. The first-order valence-corrected chi connectivity index (χ1v) is 13.7. The Labute approximate surface area is 204 Å². The number of hydrogen-bond acceptors (Lipinski definition) is 5. The third kappa shape index (κ3) is 8.07. The van der Waals surface area contributed by atoms with E-state index < -0.39 is 15.9 Å². The van der Waals surface area contributed by atoms with Crippen LogP contribution in [0.15, 0.2) is 78.9 Å². The monoisotopic (exact) mass is 502 g/mol. The van der Waals surface area contributed by atoms with Crippen LogP contribution >= 0.6 is 11.8 Å². The van der Waals surface area contributed by atoms with Gasteiger partial charge in [-0.1, -0.05) is 36.4 Å². The first-order chi connectivity index (χ1) is 16.3. The summed E-state index contributed by atoms with van der Waals surface area (Å²) in [5, 5.41) is 2.75. The molecule has 0 spiro atoms. The van der Waals surface area contributed by atoms with E-state index in [1.54, 1.807) is 54.2 Å². The molecule has 0 radical (unpaired) electrons. The summed E-state index contributed by atoms with van der Waals surface area (Å²) in [6.45, 7) is 0.0879. The molecule has 0 aliphatic heterocycles. The lowest BCUT2D eigenvalue weighted by atomic mass is 10.2. The first kappa shape index (κ1) is 25.6. The van der Waals surface area contributed by atoms with Crippen molar-refractivity contribution < 1.29 is 22.3 Å². The van der Waals surface area contributed by atoms with Crippen molar-refractivity contribution in [1.82, 2.24) is 5.32 Å². The Morgan fingerprint density at radius 2 is 1.62 bits per heavy atom. The molecule has 0 aromatic heterocycles. The lowest BCUT2D eigenvalue weighted by Crippen LogP contribution is -2.40. The summed E-state index contributed by atoms with van der Waals surface area (Å²) in [4.78, 5) is 12.4. The van der Waals surface area contributed by atoms with Crippen molar-refractivity contribution in [3.8, 4) is 11.5 Å². The molecule has 1 amide bonds. The third-order valence-corrected chi connectivity index (χ3v) is 7.03. The van der Waals surface area contributed by atoms with Crippen molar-refractivity contribution in [1.29, 1.82) is 0 Å². The highest BCUT2D eigenvalue weighted by molar-refractivity contribution is 7.98. The molecule has 0 heterocycles. The molecule has 1 N–H and O–H groups in total. The van der Waals surface area contributed by atoms with Crippen LogP contribution in [0.5, 0.6) is 11.5 Å². The summed E-state index contributed by atoms with van der Waals surface area (Å²) in [5.41, 5.74) is 1.03. The normalized spacial score (nSPS) is 11.1. The highest BCUT2D eigenvalue weighted by atomic mass is 32.2. The average molecular weight is 503 g/mol. The number of halogens is 1. The minimum atomic E-state index is -3.67. The standard InChI is InChI=1S/C25H27FN2O4S2/c1-34(30,31)28(21-12-14-23(15-13-21)32-22-9-3-2-4-10-22)18-25(29)27-16-7-17-33-19-20-8-5-6-11-24(20)26/h2-6,8-15H,7,16-19H2,1H3,(H,27,29). The topological polar surface area (TPSA) is 75.7 Å². The Morgan fingerprint density at radius 1 is 0.971 bits per heavy atom. The van der Waals surface area contributed by atoms with E-state index in [4.69, 9.17) is 4.74 Å². The number of benzene rings is 3. The molecule has 3 aromatic carbocycles. The van der Waals surface area contributed by atoms with E-state index in [1.807, 2.05) is 30.3 Å². The van der Waals surface area contributed by atoms with Crippen molar-refractivity contribution in [2.75, 3.05) is 29.4 Å². The maximum atomic E-state index is 13.6. The summed E-state index contributed by atoms with van der Waals surface area (Å²) in [6, 6.07) is 22.4. The molecule has 6 nitrogen and oxygen atoms in total. The number of rotatable bonds is 12. The quantitative estimate of drug-likeness (QED) is 0.359. The molecule has 0 unspecified atom stereocenters. The third-order valence-electron chi connectivity index (χ3n) is 4.79. The number of sulfonamides is 1. The van der Waals surface area contributed by atoms with Crippen LogP contribution in [0.25, 0.3) is 0 Å². The van der Waals surface area contributed by atoms with Gasteiger partial charge >= 0.3 is 0 Å². The highest BCUT2D eigenvalue weighted by Crippen LogP contribution is 2.25. The molecule has 34 heavy (non-hydrogen) atoms. The molecule has 3 aromatic rings. The number of thioether (sulfide) groups is 1. The van der Waals surface area contributed by atoms with E-state index in [1.165, 1.54) is 6.07 Å². The number of hydrogen-bond donors (Lipinski definition) is 1. The van der Waals surface area contributed by atoms with Gasteiger partial charge in [-0.3, -0.25) is 9.10 Å². The summed E-state index contributed by atoms with van der Waals surface area (Å²) >= 11 is 1.58.